The molecule has 4 rings (SSSR count). The Morgan fingerprint density at radius 1 is 1.23 bits per heavy atom. The fraction of sp³-hybridized carbons (Fsp3) is 0.348. The highest BCUT2D eigenvalue weighted by Crippen LogP contribution is 2.36. The first-order chi connectivity index (χ1) is 14.2. The van der Waals surface area contributed by atoms with E-state index in [1.165, 1.54) is 0 Å². The molecule has 1 fully saturated rings. The van der Waals surface area contributed by atoms with Crippen molar-refractivity contribution in [1.29, 1.82) is 0 Å². The van der Waals surface area contributed by atoms with Gasteiger partial charge in [-0.1, -0.05) is 36.4 Å². The first kappa shape index (κ1) is 22.8. The molecule has 0 spiro atoms. The van der Waals surface area contributed by atoms with Gasteiger partial charge < -0.3 is 14.0 Å². The van der Waals surface area contributed by atoms with Gasteiger partial charge in [-0.05, 0) is 42.9 Å². The van der Waals surface area contributed by atoms with Crippen molar-refractivity contribution >= 4 is 24.2 Å². The molecule has 0 saturated carbocycles. The summed E-state index contributed by atoms with van der Waals surface area (Å²) in [5, 5.41) is 0.340. The molecule has 0 bridgehead atoms. The van der Waals surface area contributed by atoms with E-state index >= 15 is 0 Å². The Hall–Kier alpha value is -1.86. The fourth-order valence-corrected chi connectivity index (χ4v) is 4.62. The second-order valence-corrected chi connectivity index (χ2v) is 8.25. The highest BCUT2D eigenvalue weighted by molar-refractivity contribution is 7.99. The average molecular weight is 449 g/mol. The van der Waals surface area contributed by atoms with Crippen molar-refractivity contribution < 1.29 is 13.9 Å². The van der Waals surface area contributed by atoms with Crippen LogP contribution in [-0.2, 0) is 16.1 Å². The number of rotatable bonds is 6. The Morgan fingerprint density at radius 3 is 2.70 bits per heavy atom. The molecule has 0 aliphatic carbocycles. The Balaban J connectivity index is 0.00000256. The molecule has 160 valence electrons. The van der Waals surface area contributed by atoms with Crippen molar-refractivity contribution in [3.63, 3.8) is 0 Å². The van der Waals surface area contributed by atoms with Crippen molar-refractivity contribution in [2.45, 2.75) is 37.4 Å². The van der Waals surface area contributed by atoms with Crippen molar-refractivity contribution in [2.24, 2.45) is 0 Å². The lowest BCUT2D eigenvalue weighted by Crippen LogP contribution is -2.39. The molecule has 0 amide bonds. The van der Waals surface area contributed by atoms with Crippen LogP contribution in [0.4, 0.5) is 4.39 Å². The molecule has 1 aliphatic heterocycles. The summed E-state index contributed by atoms with van der Waals surface area (Å²) in [4.78, 5) is 4.16. The Kier molecular flexibility index (Phi) is 7.94. The monoisotopic (exact) mass is 448 g/mol. The molecule has 3 atom stereocenters. The standard InChI is InChI=1S/C23H25FN2O2S.ClH/c1-16-25-11-12-26(16)20-9-8-17(14-19(20)24)15-28-23-21(29-2)10-13-27-22(23)18-6-4-3-5-7-18;/h3-9,11-12,14,21-23H,10,13,15H2,1-2H3;1H. The summed E-state index contributed by atoms with van der Waals surface area (Å²) in [6, 6.07) is 15.4. The molecule has 2 aromatic carbocycles. The van der Waals surface area contributed by atoms with Crippen LogP contribution in [0.3, 0.4) is 0 Å². The van der Waals surface area contributed by atoms with Gasteiger partial charge in [-0.3, -0.25) is 0 Å². The van der Waals surface area contributed by atoms with Gasteiger partial charge in [0.25, 0.3) is 0 Å². The summed E-state index contributed by atoms with van der Waals surface area (Å²) in [6.45, 7) is 2.92. The first-order valence-corrected chi connectivity index (χ1v) is 11.1. The molecule has 3 aromatic rings. The predicted octanol–water partition coefficient (Wildman–Crippen LogP) is 5.52. The molecule has 2 heterocycles. The van der Waals surface area contributed by atoms with E-state index in [1.54, 1.807) is 40.9 Å². The Bertz CT molecular complexity index is 953. The van der Waals surface area contributed by atoms with Crippen molar-refractivity contribution in [1.82, 2.24) is 9.55 Å². The van der Waals surface area contributed by atoms with Gasteiger partial charge in [0.05, 0.1) is 12.3 Å². The highest BCUT2D eigenvalue weighted by Gasteiger charge is 2.35. The van der Waals surface area contributed by atoms with Crippen molar-refractivity contribution in [3.05, 3.63) is 83.7 Å². The Morgan fingerprint density at radius 2 is 2.03 bits per heavy atom. The molecular weight excluding hydrogens is 423 g/mol. The van der Waals surface area contributed by atoms with E-state index in [-0.39, 0.29) is 30.4 Å². The zero-order chi connectivity index (χ0) is 20.2. The van der Waals surface area contributed by atoms with Gasteiger partial charge in [-0.2, -0.15) is 11.8 Å². The number of benzene rings is 2. The molecular formula is C23H26ClFN2O2S. The van der Waals surface area contributed by atoms with Crippen molar-refractivity contribution in [2.75, 3.05) is 12.9 Å². The zero-order valence-corrected chi connectivity index (χ0v) is 18.7. The van der Waals surface area contributed by atoms with E-state index in [9.17, 15) is 4.39 Å². The van der Waals surface area contributed by atoms with E-state index in [1.807, 2.05) is 31.2 Å². The van der Waals surface area contributed by atoms with Crippen LogP contribution >= 0.6 is 24.2 Å². The van der Waals surface area contributed by atoms with Crippen LogP contribution in [0, 0.1) is 12.7 Å². The lowest BCUT2D eigenvalue weighted by Gasteiger charge is -2.37. The normalized spacial score (nSPS) is 21.2. The van der Waals surface area contributed by atoms with Gasteiger partial charge in [-0.15, -0.1) is 12.4 Å². The lowest BCUT2D eigenvalue weighted by atomic mass is 9.97. The minimum absolute atomic E-state index is 0. The SMILES string of the molecule is CSC1CCOC(c2ccccc2)C1OCc1ccc(-n2ccnc2C)c(F)c1.Cl. The number of ether oxygens (including phenoxy) is 2. The van der Waals surface area contributed by atoms with Gasteiger partial charge in [0.15, 0.2) is 0 Å². The number of aryl methyl sites for hydroxylation is 1. The number of hydrogen-bond acceptors (Lipinski definition) is 4. The number of halogens is 2. The maximum Gasteiger partial charge on any atom is 0.147 e. The lowest BCUT2D eigenvalue weighted by molar-refractivity contribution is -0.109. The van der Waals surface area contributed by atoms with Gasteiger partial charge in [0, 0.05) is 24.3 Å². The average Bonchev–Trinajstić information content (AvgIpc) is 3.18. The number of aromatic nitrogens is 2. The number of imidazole rings is 1. The second-order valence-electron chi connectivity index (χ2n) is 7.17. The van der Waals surface area contributed by atoms with E-state index < -0.39 is 0 Å². The number of hydrogen-bond donors (Lipinski definition) is 0. The van der Waals surface area contributed by atoms with Crippen LogP contribution in [0.2, 0.25) is 0 Å². The summed E-state index contributed by atoms with van der Waals surface area (Å²) >= 11 is 1.80. The quantitative estimate of drug-likeness (QED) is 0.497. The predicted molar refractivity (Wildman–Crippen MR) is 121 cm³/mol. The van der Waals surface area contributed by atoms with Crippen LogP contribution in [-0.4, -0.2) is 33.8 Å². The third-order valence-electron chi connectivity index (χ3n) is 5.34. The van der Waals surface area contributed by atoms with Crippen LogP contribution < -0.4 is 0 Å². The second kappa shape index (κ2) is 10.4. The van der Waals surface area contributed by atoms with Crippen LogP contribution in [0.15, 0.2) is 60.9 Å². The molecule has 0 N–H and O–H groups in total. The Labute approximate surface area is 187 Å². The van der Waals surface area contributed by atoms with E-state index in [2.05, 4.69) is 23.4 Å². The summed E-state index contributed by atoms with van der Waals surface area (Å²) in [5.41, 5.74) is 2.42. The van der Waals surface area contributed by atoms with Gasteiger partial charge >= 0.3 is 0 Å². The first-order valence-electron chi connectivity index (χ1n) is 9.77. The highest BCUT2D eigenvalue weighted by atomic mass is 35.5. The largest absolute Gasteiger partial charge is 0.371 e. The third-order valence-corrected chi connectivity index (χ3v) is 6.44. The maximum atomic E-state index is 14.7. The van der Waals surface area contributed by atoms with Gasteiger partial charge in [0.2, 0.25) is 0 Å². The minimum atomic E-state index is -0.284. The molecule has 30 heavy (non-hydrogen) atoms. The van der Waals surface area contributed by atoms with E-state index in [0.717, 1.165) is 30.0 Å². The van der Waals surface area contributed by atoms with E-state index in [0.29, 0.717) is 17.5 Å². The molecule has 1 aromatic heterocycles. The topological polar surface area (TPSA) is 36.3 Å². The maximum absolute atomic E-state index is 14.7. The summed E-state index contributed by atoms with van der Waals surface area (Å²) in [7, 11) is 0. The summed E-state index contributed by atoms with van der Waals surface area (Å²) in [5.74, 6) is 0.467. The minimum Gasteiger partial charge on any atom is -0.371 e. The molecule has 4 nitrogen and oxygen atoms in total. The molecule has 7 heteroatoms. The zero-order valence-electron chi connectivity index (χ0n) is 17.0. The van der Waals surface area contributed by atoms with Crippen molar-refractivity contribution in [3.8, 4) is 5.69 Å². The van der Waals surface area contributed by atoms with Gasteiger partial charge in [0.1, 0.15) is 23.8 Å². The number of nitrogens with zero attached hydrogens (tertiary/aromatic N) is 2. The number of thioether (sulfide) groups is 1. The molecule has 1 saturated heterocycles. The van der Waals surface area contributed by atoms with Crippen LogP contribution in [0.25, 0.3) is 5.69 Å². The molecule has 3 unspecified atom stereocenters. The molecule has 0 radical (unpaired) electrons. The summed E-state index contributed by atoms with van der Waals surface area (Å²) in [6.07, 6.45) is 6.29. The van der Waals surface area contributed by atoms with Crippen LogP contribution in [0.1, 0.15) is 29.5 Å². The fourth-order valence-electron chi connectivity index (χ4n) is 3.80. The third kappa shape index (κ3) is 4.89. The smallest absolute Gasteiger partial charge is 0.147 e. The van der Waals surface area contributed by atoms with Crippen LogP contribution in [0.5, 0.6) is 0 Å². The van der Waals surface area contributed by atoms with E-state index in [4.69, 9.17) is 9.47 Å². The molecule has 1 aliphatic rings. The van der Waals surface area contributed by atoms with Gasteiger partial charge in [-0.25, -0.2) is 9.37 Å². The summed E-state index contributed by atoms with van der Waals surface area (Å²) < 4.78 is 28.8.